The maximum absolute atomic E-state index is 11.9. The van der Waals surface area contributed by atoms with E-state index in [-0.39, 0.29) is 19.8 Å². The highest BCUT2D eigenvalue weighted by Gasteiger charge is 2.44. The van der Waals surface area contributed by atoms with Gasteiger partial charge in [0.25, 0.3) is 0 Å². The molecule has 1 heterocycles. The van der Waals surface area contributed by atoms with Crippen LogP contribution < -0.4 is 5.32 Å². The molecule has 0 radical (unpaired) electrons. The van der Waals surface area contributed by atoms with Crippen LogP contribution in [0.4, 0.5) is 4.79 Å². The molecule has 5 atom stereocenters. The van der Waals surface area contributed by atoms with Crippen molar-refractivity contribution in [3.8, 4) is 0 Å². The second kappa shape index (κ2) is 10.3. The van der Waals surface area contributed by atoms with Gasteiger partial charge in [0.05, 0.1) is 6.61 Å². The molecule has 29 heavy (non-hydrogen) atoms. The summed E-state index contributed by atoms with van der Waals surface area (Å²) in [5.41, 5.74) is 1.69. The Balaban J connectivity index is 1.50. The van der Waals surface area contributed by atoms with E-state index in [0.717, 1.165) is 11.1 Å². The molecule has 0 bridgehead atoms. The van der Waals surface area contributed by atoms with Crippen molar-refractivity contribution in [3.05, 3.63) is 71.8 Å². The zero-order valence-electron chi connectivity index (χ0n) is 15.8. The third-order valence-corrected chi connectivity index (χ3v) is 4.61. The van der Waals surface area contributed by atoms with E-state index in [1.807, 2.05) is 60.7 Å². The summed E-state index contributed by atoms with van der Waals surface area (Å²) in [5, 5.41) is 33.1. The molecule has 2 aromatic rings. The van der Waals surface area contributed by atoms with Gasteiger partial charge >= 0.3 is 6.09 Å². The molecule has 1 aliphatic heterocycles. The van der Waals surface area contributed by atoms with Gasteiger partial charge in [-0.25, -0.2) is 4.79 Å². The summed E-state index contributed by atoms with van der Waals surface area (Å²) in [4.78, 5) is 11.9. The molecule has 8 heteroatoms. The van der Waals surface area contributed by atoms with E-state index < -0.39 is 36.8 Å². The number of aliphatic hydroxyl groups excluding tert-OH is 3. The minimum Gasteiger partial charge on any atom is -0.445 e. The van der Waals surface area contributed by atoms with Crippen molar-refractivity contribution >= 4 is 6.09 Å². The van der Waals surface area contributed by atoms with Crippen LogP contribution in [-0.4, -0.2) is 58.7 Å². The molecule has 3 rings (SSSR count). The van der Waals surface area contributed by atoms with Gasteiger partial charge in [-0.15, -0.1) is 0 Å². The number of carbonyl (C=O) groups is 1. The van der Waals surface area contributed by atoms with E-state index in [1.54, 1.807) is 0 Å². The van der Waals surface area contributed by atoms with Crippen LogP contribution in [0.15, 0.2) is 60.7 Å². The zero-order valence-corrected chi connectivity index (χ0v) is 15.8. The molecule has 2 aromatic carbocycles. The Morgan fingerprint density at radius 3 is 2.10 bits per heavy atom. The number of nitrogens with one attached hydrogen (secondary N) is 1. The summed E-state index contributed by atoms with van der Waals surface area (Å²) >= 11 is 0. The van der Waals surface area contributed by atoms with Gasteiger partial charge in [0, 0.05) is 6.54 Å². The SMILES string of the molecule is O=C(NCC1O[C@@H](O)[C@H](O)C(OCc2ccccc2)[C@@H]1O)OCc1ccccc1. The van der Waals surface area contributed by atoms with Gasteiger partial charge in [-0.1, -0.05) is 60.7 Å². The lowest BCUT2D eigenvalue weighted by Crippen LogP contribution is -2.60. The summed E-state index contributed by atoms with van der Waals surface area (Å²) in [7, 11) is 0. The van der Waals surface area contributed by atoms with Crippen LogP contribution in [0.2, 0.25) is 0 Å². The topological polar surface area (TPSA) is 117 Å². The first-order chi connectivity index (χ1) is 14.0. The monoisotopic (exact) mass is 403 g/mol. The van der Waals surface area contributed by atoms with E-state index in [9.17, 15) is 20.1 Å². The summed E-state index contributed by atoms with van der Waals surface area (Å²) in [6.45, 7) is 0.125. The van der Waals surface area contributed by atoms with Gasteiger partial charge in [0.15, 0.2) is 6.29 Å². The van der Waals surface area contributed by atoms with Crippen LogP contribution in [0.5, 0.6) is 0 Å². The van der Waals surface area contributed by atoms with Crippen molar-refractivity contribution in [1.29, 1.82) is 0 Å². The van der Waals surface area contributed by atoms with Gasteiger partial charge in [-0.2, -0.15) is 0 Å². The Bertz CT molecular complexity index is 758. The maximum atomic E-state index is 11.9. The van der Waals surface area contributed by atoms with Gasteiger partial charge in [-0.05, 0) is 11.1 Å². The van der Waals surface area contributed by atoms with Gasteiger partial charge in [0.1, 0.15) is 31.0 Å². The molecule has 2 unspecified atom stereocenters. The van der Waals surface area contributed by atoms with Crippen LogP contribution in [0.25, 0.3) is 0 Å². The number of amides is 1. The minimum absolute atomic E-state index is 0.102. The lowest BCUT2D eigenvalue weighted by Gasteiger charge is -2.40. The molecule has 156 valence electrons. The van der Waals surface area contributed by atoms with Crippen LogP contribution in [0.1, 0.15) is 11.1 Å². The fraction of sp³-hybridized carbons (Fsp3) is 0.381. The molecule has 8 nitrogen and oxygen atoms in total. The number of benzene rings is 2. The predicted octanol–water partition coefficient (Wildman–Crippen LogP) is 0.937. The average Bonchev–Trinajstić information content (AvgIpc) is 2.75. The smallest absolute Gasteiger partial charge is 0.407 e. The number of hydrogen-bond donors (Lipinski definition) is 4. The Kier molecular flexibility index (Phi) is 7.56. The average molecular weight is 403 g/mol. The fourth-order valence-electron chi connectivity index (χ4n) is 3.01. The molecule has 4 N–H and O–H groups in total. The molecule has 0 saturated carbocycles. The van der Waals surface area contributed by atoms with Crippen molar-refractivity contribution in [1.82, 2.24) is 5.32 Å². The largest absolute Gasteiger partial charge is 0.445 e. The Labute approximate surface area is 168 Å². The quantitative estimate of drug-likeness (QED) is 0.543. The summed E-state index contributed by atoms with van der Waals surface area (Å²) in [6.07, 6.45) is -6.97. The maximum Gasteiger partial charge on any atom is 0.407 e. The van der Waals surface area contributed by atoms with E-state index in [2.05, 4.69) is 5.32 Å². The van der Waals surface area contributed by atoms with Crippen molar-refractivity contribution in [3.63, 3.8) is 0 Å². The first-order valence-corrected chi connectivity index (χ1v) is 9.34. The molecule has 1 saturated heterocycles. The first kappa shape index (κ1) is 21.2. The predicted molar refractivity (Wildman–Crippen MR) is 103 cm³/mol. The van der Waals surface area contributed by atoms with Crippen LogP contribution >= 0.6 is 0 Å². The Hall–Kier alpha value is -2.49. The molecule has 1 aliphatic rings. The van der Waals surface area contributed by atoms with Crippen LogP contribution in [-0.2, 0) is 27.4 Å². The first-order valence-electron chi connectivity index (χ1n) is 9.34. The van der Waals surface area contributed by atoms with Crippen molar-refractivity contribution < 1.29 is 34.3 Å². The number of aliphatic hydroxyl groups is 3. The number of rotatable bonds is 7. The lowest BCUT2D eigenvalue weighted by atomic mass is 9.98. The highest BCUT2D eigenvalue weighted by molar-refractivity contribution is 5.67. The standard InChI is InChI=1S/C21H25NO7/c23-17-16(11-22-21(26)28-13-15-9-5-2-6-10-15)29-20(25)18(24)19(17)27-12-14-7-3-1-4-8-14/h1-10,16-20,23-25H,11-13H2,(H,22,26)/t16?,17-,18-,19?,20-/m1/s1. The Morgan fingerprint density at radius 1 is 0.897 bits per heavy atom. The number of hydrogen-bond acceptors (Lipinski definition) is 7. The summed E-state index contributed by atoms with van der Waals surface area (Å²) < 4.78 is 15.9. The van der Waals surface area contributed by atoms with E-state index in [4.69, 9.17) is 14.2 Å². The van der Waals surface area contributed by atoms with Gasteiger partial charge in [-0.3, -0.25) is 0 Å². The van der Waals surface area contributed by atoms with Gasteiger partial charge < -0.3 is 34.8 Å². The van der Waals surface area contributed by atoms with Gasteiger partial charge in [0.2, 0.25) is 0 Å². The molecule has 0 aromatic heterocycles. The second-order valence-corrected chi connectivity index (χ2v) is 6.75. The van der Waals surface area contributed by atoms with Crippen molar-refractivity contribution in [2.45, 2.75) is 43.9 Å². The zero-order chi connectivity index (χ0) is 20.6. The fourth-order valence-corrected chi connectivity index (χ4v) is 3.01. The molecule has 1 fully saturated rings. The van der Waals surface area contributed by atoms with E-state index in [1.165, 1.54) is 0 Å². The third kappa shape index (κ3) is 5.99. The minimum atomic E-state index is -1.55. The lowest BCUT2D eigenvalue weighted by molar-refractivity contribution is -0.290. The highest BCUT2D eigenvalue weighted by atomic mass is 16.6. The number of ether oxygens (including phenoxy) is 3. The molecule has 0 spiro atoms. The molecule has 0 aliphatic carbocycles. The Morgan fingerprint density at radius 2 is 1.48 bits per heavy atom. The van der Waals surface area contributed by atoms with Crippen molar-refractivity contribution in [2.75, 3.05) is 6.54 Å². The normalized spacial score (nSPS) is 26.7. The second-order valence-electron chi connectivity index (χ2n) is 6.75. The summed E-state index contributed by atoms with van der Waals surface area (Å²) in [6, 6.07) is 18.4. The van der Waals surface area contributed by atoms with E-state index in [0.29, 0.717) is 0 Å². The number of alkyl carbamates (subject to hydrolysis) is 1. The molecular formula is C21H25NO7. The number of carbonyl (C=O) groups excluding carboxylic acids is 1. The third-order valence-electron chi connectivity index (χ3n) is 4.61. The van der Waals surface area contributed by atoms with Crippen LogP contribution in [0, 0.1) is 0 Å². The highest BCUT2D eigenvalue weighted by Crippen LogP contribution is 2.23. The summed E-state index contributed by atoms with van der Waals surface area (Å²) in [5.74, 6) is 0. The molecular weight excluding hydrogens is 378 g/mol. The van der Waals surface area contributed by atoms with Crippen molar-refractivity contribution in [2.24, 2.45) is 0 Å². The molecule has 1 amide bonds. The van der Waals surface area contributed by atoms with E-state index >= 15 is 0 Å². The van der Waals surface area contributed by atoms with Crippen LogP contribution in [0.3, 0.4) is 0 Å².